The fourth-order valence-corrected chi connectivity index (χ4v) is 1.89. The number of halogens is 1. The minimum atomic E-state index is -0.395. The zero-order valence-electron chi connectivity index (χ0n) is 9.39. The van der Waals surface area contributed by atoms with Crippen LogP contribution in [0.15, 0.2) is 16.9 Å². The summed E-state index contributed by atoms with van der Waals surface area (Å²) in [4.78, 5) is 21.5. The van der Waals surface area contributed by atoms with Crippen LogP contribution in [0.1, 0.15) is 6.42 Å². The number of amides is 1. The van der Waals surface area contributed by atoms with E-state index in [9.17, 15) is 4.79 Å². The van der Waals surface area contributed by atoms with Gasteiger partial charge in [-0.1, -0.05) is 0 Å². The predicted octanol–water partition coefficient (Wildman–Crippen LogP) is 1.17. The summed E-state index contributed by atoms with van der Waals surface area (Å²) in [5.74, 6) is 0.663. The number of rotatable bonds is 2. The van der Waals surface area contributed by atoms with Crippen LogP contribution in [0.2, 0.25) is 0 Å². The maximum absolute atomic E-state index is 11.1. The van der Waals surface area contributed by atoms with Crippen molar-refractivity contribution in [3.63, 3.8) is 0 Å². The van der Waals surface area contributed by atoms with Crippen molar-refractivity contribution in [1.82, 2.24) is 15.3 Å². The van der Waals surface area contributed by atoms with E-state index in [4.69, 9.17) is 4.74 Å². The highest BCUT2D eigenvalue weighted by Gasteiger charge is 2.26. The number of carbonyl (C=O) groups is 1. The molecule has 1 aliphatic rings. The van der Waals surface area contributed by atoms with Crippen LogP contribution in [0.5, 0.6) is 0 Å². The number of aromatic nitrogens is 2. The third-order valence-corrected chi connectivity index (χ3v) is 2.92. The molecule has 2 rings (SSSR count). The Morgan fingerprint density at radius 2 is 2.29 bits per heavy atom. The average molecular weight is 301 g/mol. The molecule has 92 valence electrons. The highest BCUT2D eigenvalue weighted by Crippen LogP contribution is 2.18. The van der Waals surface area contributed by atoms with Crippen LogP contribution in [0, 0.1) is 0 Å². The van der Waals surface area contributed by atoms with Crippen molar-refractivity contribution >= 4 is 28.0 Å². The van der Waals surface area contributed by atoms with E-state index in [2.05, 4.69) is 31.2 Å². The fraction of sp³-hybridized carbons (Fsp3) is 0.500. The molecule has 17 heavy (non-hydrogen) atoms. The van der Waals surface area contributed by atoms with E-state index in [1.807, 2.05) is 4.90 Å². The van der Waals surface area contributed by atoms with Crippen molar-refractivity contribution in [3.8, 4) is 0 Å². The molecule has 1 aromatic heterocycles. The summed E-state index contributed by atoms with van der Waals surface area (Å²) < 4.78 is 6.03. The SMILES string of the molecule is CNC(=O)OC1CCN(c2ncc(Br)cn2)C1. The lowest BCUT2D eigenvalue weighted by atomic mass is 10.3. The van der Waals surface area contributed by atoms with E-state index >= 15 is 0 Å². The molecule has 1 saturated heterocycles. The van der Waals surface area contributed by atoms with Crippen LogP contribution in [-0.2, 0) is 4.74 Å². The summed E-state index contributed by atoms with van der Waals surface area (Å²) in [6.07, 6.45) is 3.72. The third kappa shape index (κ3) is 3.06. The molecule has 0 spiro atoms. The van der Waals surface area contributed by atoms with Gasteiger partial charge in [-0.2, -0.15) is 0 Å². The number of carbonyl (C=O) groups excluding carboxylic acids is 1. The molecule has 0 bridgehead atoms. The minimum Gasteiger partial charge on any atom is -0.444 e. The zero-order chi connectivity index (χ0) is 12.3. The second kappa shape index (κ2) is 5.31. The van der Waals surface area contributed by atoms with Gasteiger partial charge in [-0.25, -0.2) is 14.8 Å². The Kier molecular flexibility index (Phi) is 3.78. The number of ether oxygens (including phenoxy) is 1. The van der Waals surface area contributed by atoms with Crippen molar-refractivity contribution in [1.29, 1.82) is 0 Å². The Morgan fingerprint density at radius 3 is 2.94 bits per heavy atom. The molecule has 0 radical (unpaired) electrons. The molecule has 1 amide bonds. The number of nitrogens with one attached hydrogen (secondary N) is 1. The van der Waals surface area contributed by atoms with Crippen molar-refractivity contribution in [2.45, 2.75) is 12.5 Å². The molecule has 1 unspecified atom stereocenters. The molecule has 1 N–H and O–H groups in total. The second-order valence-electron chi connectivity index (χ2n) is 3.71. The van der Waals surface area contributed by atoms with E-state index in [-0.39, 0.29) is 6.10 Å². The summed E-state index contributed by atoms with van der Waals surface area (Å²) in [5.41, 5.74) is 0. The molecule has 7 heteroatoms. The average Bonchev–Trinajstić information content (AvgIpc) is 2.78. The van der Waals surface area contributed by atoms with E-state index in [0.717, 1.165) is 17.4 Å². The number of alkyl carbamates (subject to hydrolysis) is 1. The van der Waals surface area contributed by atoms with E-state index in [1.54, 1.807) is 19.4 Å². The molecule has 0 saturated carbocycles. The van der Waals surface area contributed by atoms with Crippen molar-refractivity contribution in [2.24, 2.45) is 0 Å². The molecular weight excluding hydrogens is 288 g/mol. The molecule has 1 fully saturated rings. The van der Waals surface area contributed by atoms with Gasteiger partial charge in [-0.3, -0.25) is 0 Å². The number of hydrogen-bond donors (Lipinski definition) is 1. The zero-order valence-corrected chi connectivity index (χ0v) is 11.0. The summed E-state index contributed by atoms with van der Waals surface area (Å²) in [6, 6.07) is 0. The smallest absolute Gasteiger partial charge is 0.407 e. The monoisotopic (exact) mass is 300 g/mol. The summed E-state index contributed by atoms with van der Waals surface area (Å²) in [5, 5.41) is 2.44. The Hall–Kier alpha value is -1.37. The highest BCUT2D eigenvalue weighted by molar-refractivity contribution is 9.10. The van der Waals surface area contributed by atoms with Gasteiger partial charge in [0.15, 0.2) is 0 Å². The van der Waals surface area contributed by atoms with E-state index in [0.29, 0.717) is 12.5 Å². The van der Waals surface area contributed by atoms with Crippen LogP contribution in [0.25, 0.3) is 0 Å². The normalized spacial score (nSPS) is 19.2. The first-order valence-electron chi connectivity index (χ1n) is 5.30. The minimum absolute atomic E-state index is 0.0952. The molecule has 2 heterocycles. The standard InChI is InChI=1S/C10H13BrN4O2/c1-12-10(16)17-8-2-3-15(6-8)9-13-4-7(11)5-14-9/h4-5,8H,2-3,6H2,1H3,(H,12,16). The van der Waals surface area contributed by atoms with Crippen molar-refractivity contribution < 1.29 is 9.53 Å². The first-order chi connectivity index (χ1) is 8.19. The van der Waals surface area contributed by atoms with Gasteiger partial charge in [0, 0.05) is 32.4 Å². The van der Waals surface area contributed by atoms with Gasteiger partial charge in [-0.05, 0) is 15.9 Å². The molecule has 0 aromatic carbocycles. The van der Waals surface area contributed by atoms with E-state index < -0.39 is 6.09 Å². The largest absolute Gasteiger partial charge is 0.444 e. The van der Waals surface area contributed by atoms with Crippen molar-refractivity contribution in [3.05, 3.63) is 16.9 Å². The quantitative estimate of drug-likeness (QED) is 0.888. The molecule has 6 nitrogen and oxygen atoms in total. The number of nitrogens with zero attached hydrogens (tertiary/aromatic N) is 3. The van der Waals surface area contributed by atoms with Gasteiger partial charge in [0.1, 0.15) is 6.10 Å². The van der Waals surface area contributed by atoms with Gasteiger partial charge >= 0.3 is 6.09 Å². The lowest BCUT2D eigenvalue weighted by Crippen LogP contribution is -2.29. The Balaban J connectivity index is 1.93. The van der Waals surface area contributed by atoms with Crippen LogP contribution in [0.4, 0.5) is 10.7 Å². The van der Waals surface area contributed by atoms with Gasteiger partial charge in [0.25, 0.3) is 0 Å². The Bertz CT molecular complexity index is 398. The molecule has 0 aliphatic carbocycles. The van der Waals surface area contributed by atoms with Crippen LogP contribution < -0.4 is 10.2 Å². The fourth-order valence-electron chi connectivity index (χ4n) is 1.69. The lowest BCUT2D eigenvalue weighted by Gasteiger charge is -2.15. The third-order valence-electron chi connectivity index (χ3n) is 2.51. The Labute approximate surface area is 108 Å². The van der Waals surface area contributed by atoms with Crippen molar-refractivity contribution in [2.75, 3.05) is 25.0 Å². The van der Waals surface area contributed by atoms with E-state index in [1.165, 1.54) is 0 Å². The molecule has 1 aliphatic heterocycles. The van der Waals surface area contributed by atoms with Crippen LogP contribution in [-0.4, -0.2) is 42.3 Å². The highest BCUT2D eigenvalue weighted by atomic mass is 79.9. The van der Waals surface area contributed by atoms with Gasteiger partial charge < -0.3 is 15.0 Å². The summed E-state index contributed by atoms with van der Waals surface area (Å²) in [7, 11) is 1.55. The van der Waals surface area contributed by atoms with Crippen LogP contribution in [0.3, 0.4) is 0 Å². The topological polar surface area (TPSA) is 67.3 Å². The van der Waals surface area contributed by atoms with Gasteiger partial charge in [-0.15, -0.1) is 0 Å². The first-order valence-corrected chi connectivity index (χ1v) is 6.09. The number of anilines is 1. The van der Waals surface area contributed by atoms with Crippen LogP contribution >= 0.6 is 15.9 Å². The lowest BCUT2D eigenvalue weighted by molar-refractivity contribution is 0.110. The summed E-state index contributed by atoms with van der Waals surface area (Å²) in [6.45, 7) is 1.43. The predicted molar refractivity (Wildman–Crippen MR) is 65.9 cm³/mol. The molecule has 1 atom stereocenters. The van der Waals surface area contributed by atoms with Gasteiger partial charge in [0.2, 0.25) is 5.95 Å². The number of hydrogen-bond acceptors (Lipinski definition) is 5. The molecular formula is C10H13BrN4O2. The Morgan fingerprint density at radius 1 is 1.59 bits per heavy atom. The summed E-state index contributed by atoms with van der Waals surface area (Å²) >= 11 is 3.29. The second-order valence-corrected chi connectivity index (χ2v) is 4.63. The maximum Gasteiger partial charge on any atom is 0.407 e. The van der Waals surface area contributed by atoms with Gasteiger partial charge in [0.05, 0.1) is 11.0 Å². The first kappa shape index (κ1) is 12.1. The molecule has 1 aromatic rings. The maximum atomic E-state index is 11.1.